The van der Waals surface area contributed by atoms with Gasteiger partial charge in [0.1, 0.15) is 5.75 Å². The topological polar surface area (TPSA) is 104 Å². The van der Waals surface area contributed by atoms with Crippen molar-refractivity contribution < 1.29 is 23.4 Å². The van der Waals surface area contributed by atoms with Crippen molar-refractivity contribution in [2.75, 3.05) is 0 Å². The Morgan fingerprint density at radius 3 is 2.08 bits per heavy atom. The number of carboxylic acids is 1. The van der Waals surface area contributed by atoms with E-state index in [1.165, 1.54) is 24.3 Å². The van der Waals surface area contributed by atoms with Crippen molar-refractivity contribution in [3.05, 3.63) is 48.0 Å². The number of rotatable bonds is 4. The number of hydrogen-bond donors (Lipinski definition) is 3. The first kappa shape index (κ1) is 18.0. The van der Waals surface area contributed by atoms with Crippen LogP contribution in [0.5, 0.6) is 5.75 Å². The fraction of sp³-hybridized carbons (Fsp3) is 0.235. The van der Waals surface area contributed by atoms with E-state index in [4.69, 9.17) is 5.11 Å². The molecule has 24 heavy (non-hydrogen) atoms. The van der Waals surface area contributed by atoms with Gasteiger partial charge in [-0.3, -0.25) is 0 Å². The molecule has 0 atom stereocenters. The van der Waals surface area contributed by atoms with Crippen molar-refractivity contribution in [1.82, 2.24) is 4.72 Å². The van der Waals surface area contributed by atoms with Crippen LogP contribution in [0.2, 0.25) is 0 Å². The highest BCUT2D eigenvalue weighted by Crippen LogP contribution is 2.30. The van der Waals surface area contributed by atoms with Gasteiger partial charge in [0.25, 0.3) is 0 Å². The lowest BCUT2D eigenvalue weighted by Gasteiger charge is -2.20. The van der Waals surface area contributed by atoms with Gasteiger partial charge < -0.3 is 10.2 Å². The average Bonchev–Trinajstić information content (AvgIpc) is 2.44. The van der Waals surface area contributed by atoms with Crippen molar-refractivity contribution in [2.45, 2.75) is 31.2 Å². The number of benzene rings is 2. The lowest BCUT2D eigenvalue weighted by Crippen LogP contribution is -2.40. The van der Waals surface area contributed by atoms with Gasteiger partial charge in [-0.1, -0.05) is 12.1 Å². The number of sulfonamides is 1. The van der Waals surface area contributed by atoms with Crippen LogP contribution in [0.3, 0.4) is 0 Å². The Morgan fingerprint density at radius 1 is 1.04 bits per heavy atom. The maximum Gasteiger partial charge on any atom is 0.335 e. The van der Waals surface area contributed by atoms with Crippen molar-refractivity contribution in [3.63, 3.8) is 0 Å². The summed E-state index contributed by atoms with van der Waals surface area (Å²) in [6.45, 7) is 5.25. The van der Waals surface area contributed by atoms with E-state index in [0.29, 0.717) is 11.1 Å². The largest absolute Gasteiger partial charge is 0.507 e. The molecule has 0 fully saturated rings. The maximum absolute atomic E-state index is 12.3. The highest BCUT2D eigenvalue weighted by Gasteiger charge is 2.22. The zero-order chi connectivity index (χ0) is 18.1. The summed E-state index contributed by atoms with van der Waals surface area (Å²) in [6, 6.07) is 10.0. The summed E-state index contributed by atoms with van der Waals surface area (Å²) in [4.78, 5) is 11.0. The second-order valence-corrected chi connectivity index (χ2v) is 8.10. The number of hydrogen-bond acceptors (Lipinski definition) is 4. The molecule has 0 heterocycles. The third-order valence-electron chi connectivity index (χ3n) is 3.16. The molecule has 128 valence electrons. The average molecular weight is 349 g/mol. The first-order valence-electron chi connectivity index (χ1n) is 7.20. The molecule has 0 saturated carbocycles. The molecule has 2 rings (SSSR count). The first-order chi connectivity index (χ1) is 11.0. The van der Waals surface area contributed by atoms with Crippen molar-refractivity contribution in [3.8, 4) is 16.9 Å². The molecule has 0 radical (unpaired) electrons. The van der Waals surface area contributed by atoms with E-state index in [1.807, 2.05) is 0 Å². The number of phenolic OH excluding ortho intramolecular Hbond substituents is 1. The number of nitrogens with one attached hydrogen (secondary N) is 1. The normalized spacial score (nSPS) is 12.1. The van der Waals surface area contributed by atoms with E-state index in [2.05, 4.69) is 4.72 Å². The number of carboxylic acid groups (broad SMARTS) is 1. The molecular formula is C17H19NO5S. The Balaban J connectivity index is 2.35. The predicted octanol–water partition coefficient (Wildman–Crippen LogP) is 2.83. The highest BCUT2D eigenvalue weighted by molar-refractivity contribution is 7.89. The molecule has 6 nitrogen and oxygen atoms in total. The van der Waals surface area contributed by atoms with Crippen LogP contribution in [0.1, 0.15) is 31.1 Å². The lowest BCUT2D eigenvalue weighted by molar-refractivity contribution is 0.0696. The molecule has 0 aliphatic carbocycles. The van der Waals surface area contributed by atoms with E-state index in [1.54, 1.807) is 32.9 Å². The maximum atomic E-state index is 12.3. The Hall–Kier alpha value is -2.38. The van der Waals surface area contributed by atoms with Gasteiger partial charge in [-0.2, -0.15) is 0 Å². The number of phenols is 1. The summed E-state index contributed by atoms with van der Waals surface area (Å²) in [5.74, 6) is -1.31. The van der Waals surface area contributed by atoms with Gasteiger partial charge >= 0.3 is 5.97 Å². The van der Waals surface area contributed by atoms with Crippen LogP contribution in [0.4, 0.5) is 0 Å². The van der Waals surface area contributed by atoms with E-state index in [9.17, 15) is 18.3 Å². The van der Waals surface area contributed by atoms with E-state index in [0.717, 1.165) is 6.07 Å². The number of carbonyl (C=O) groups is 1. The van der Waals surface area contributed by atoms with Crippen molar-refractivity contribution in [1.29, 1.82) is 0 Å². The van der Waals surface area contributed by atoms with E-state index >= 15 is 0 Å². The quantitative estimate of drug-likeness (QED) is 0.787. The van der Waals surface area contributed by atoms with E-state index < -0.39 is 21.5 Å². The van der Waals surface area contributed by atoms with Gasteiger partial charge in [-0.25, -0.2) is 17.9 Å². The molecule has 0 spiro atoms. The SMILES string of the molecule is CC(C)(C)NS(=O)(=O)c1ccc(-c2ccc(C(=O)O)cc2O)cc1. The highest BCUT2D eigenvalue weighted by atomic mass is 32.2. The van der Waals surface area contributed by atoms with Crippen LogP contribution >= 0.6 is 0 Å². The molecule has 0 aliphatic rings. The standard InChI is InChI=1S/C17H19NO5S/c1-17(2,3)18-24(22,23)13-7-4-11(5-8-13)14-9-6-12(16(20)21)10-15(14)19/h4-10,18-19H,1-3H3,(H,20,21). The molecule has 7 heteroatoms. The number of aromatic hydroxyl groups is 1. The molecule has 0 amide bonds. The Kier molecular flexibility index (Phi) is 4.68. The Bertz CT molecular complexity index is 865. The smallest absolute Gasteiger partial charge is 0.335 e. The molecule has 2 aromatic carbocycles. The third kappa shape index (κ3) is 4.12. The summed E-state index contributed by atoms with van der Waals surface area (Å²) >= 11 is 0. The van der Waals surface area contributed by atoms with Crippen LogP contribution < -0.4 is 4.72 Å². The summed E-state index contributed by atoms with van der Waals surface area (Å²) in [6.07, 6.45) is 0. The van der Waals surface area contributed by atoms with Crippen LogP contribution in [0.25, 0.3) is 11.1 Å². The molecule has 2 aromatic rings. The van der Waals surface area contributed by atoms with E-state index in [-0.39, 0.29) is 16.2 Å². The second-order valence-electron chi connectivity index (χ2n) is 6.42. The molecule has 3 N–H and O–H groups in total. The molecule has 0 bridgehead atoms. The van der Waals surface area contributed by atoms with Gasteiger partial charge in [-0.05, 0) is 56.7 Å². The van der Waals surface area contributed by atoms with Crippen molar-refractivity contribution in [2.24, 2.45) is 0 Å². The zero-order valence-electron chi connectivity index (χ0n) is 13.6. The molecule has 0 saturated heterocycles. The number of aromatic carboxylic acids is 1. The molecule has 0 unspecified atom stereocenters. The van der Waals surface area contributed by atoms with Gasteiger partial charge in [0.05, 0.1) is 10.5 Å². The molecule has 0 aromatic heterocycles. The van der Waals surface area contributed by atoms with Crippen LogP contribution in [0, 0.1) is 0 Å². The minimum Gasteiger partial charge on any atom is -0.507 e. The molecular weight excluding hydrogens is 330 g/mol. The minimum absolute atomic E-state index is 0.0233. The van der Waals surface area contributed by atoms with Gasteiger partial charge in [0.15, 0.2) is 0 Å². The first-order valence-corrected chi connectivity index (χ1v) is 8.69. The fourth-order valence-corrected chi connectivity index (χ4v) is 3.60. The third-order valence-corrected chi connectivity index (χ3v) is 4.93. The summed E-state index contributed by atoms with van der Waals surface area (Å²) in [5.41, 5.74) is 0.388. The van der Waals surface area contributed by atoms with Crippen LogP contribution in [-0.2, 0) is 10.0 Å². The second kappa shape index (κ2) is 6.26. The van der Waals surface area contributed by atoms with Gasteiger partial charge in [0, 0.05) is 11.1 Å². The Labute approximate surface area is 140 Å². The fourth-order valence-electron chi connectivity index (χ4n) is 2.18. The lowest BCUT2D eigenvalue weighted by atomic mass is 10.0. The van der Waals surface area contributed by atoms with Gasteiger partial charge in [-0.15, -0.1) is 0 Å². The predicted molar refractivity (Wildman–Crippen MR) is 90.6 cm³/mol. The minimum atomic E-state index is -3.64. The zero-order valence-corrected chi connectivity index (χ0v) is 14.4. The summed E-state index contributed by atoms with van der Waals surface area (Å²) in [7, 11) is -3.64. The monoisotopic (exact) mass is 349 g/mol. The molecule has 0 aliphatic heterocycles. The summed E-state index contributed by atoms with van der Waals surface area (Å²) < 4.78 is 27.1. The van der Waals surface area contributed by atoms with Gasteiger partial charge in [0.2, 0.25) is 10.0 Å². The van der Waals surface area contributed by atoms with Crippen LogP contribution in [-0.4, -0.2) is 30.1 Å². The van der Waals surface area contributed by atoms with Crippen molar-refractivity contribution >= 4 is 16.0 Å². The summed E-state index contributed by atoms with van der Waals surface area (Å²) in [5, 5.41) is 18.9. The Morgan fingerprint density at radius 2 is 1.62 bits per heavy atom. The van der Waals surface area contributed by atoms with Crippen LogP contribution in [0.15, 0.2) is 47.4 Å².